The van der Waals surface area contributed by atoms with Gasteiger partial charge in [-0.1, -0.05) is 24.3 Å². The lowest BCUT2D eigenvalue weighted by Crippen LogP contribution is -2.36. The molecular formula is C20H18N2O4S. The van der Waals surface area contributed by atoms with Crippen molar-refractivity contribution in [2.24, 2.45) is 0 Å². The molecule has 138 valence electrons. The molecule has 0 atom stereocenters. The third-order valence-corrected chi connectivity index (χ3v) is 4.94. The molecule has 2 N–H and O–H groups in total. The lowest BCUT2D eigenvalue weighted by molar-refractivity contribution is -0.127. The zero-order valence-corrected chi connectivity index (χ0v) is 15.7. The van der Waals surface area contributed by atoms with Crippen LogP contribution in [0, 0.1) is 13.8 Å². The van der Waals surface area contributed by atoms with Crippen LogP contribution in [0.5, 0.6) is 5.75 Å². The van der Waals surface area contributed by atoms with Gasteiger partial charge < -0.3 is 10.4 Å². The van der Waals surface area contributed by atoms with Crippen LogP contribution in [0.3, 0.4) is 0 Å². The highest BCUT2D eigenvalue weighted by atomic mass is 32.2. The molecule has 1 aliphatic heterocycles. The molecule has 0 unspecified atom stereocenters. The van der Waals surface area contributed by atoms with E-state index in [-0.39, 0.29) is 17.2 Å². The summed E-state index contributed by atoms with van der Waals surface area (Å²) in [7, 11) is 0. The van der Waals surface area contributed by atoms with Crippen molar-refractivity contribution in [2.45, 2.75) is 13.8 Å². The second-order valence-electron chi connectivity index (χ2n) is 6.23. The molecular weight excluding hydrogens is 364 g/mol. The molecule has 2 aromatic rings. The lowest BCUT2D eigenvalue weighted by Gasteiger charge is -2.14. The minimum absolute atomic E-state index is 0.114. The van der Waals surface area contributed by atoms with Gasteiger partial charge in [-0.2, -0.15) is 0 Å². The van der Waals surface area contributed by atoms with Crippen LogP contribution in [-0.2, 0) is 9.59 Å². The summed E-state index contributed by atoms with van der Waals surface area (Å²) in [6.07, 6.45) is 1.56. The van der Waals surface area contributed by atoms with Crippen LogP contribution in [0.1, 0.15) is 16.7 Å². The second-order valence-corrected chi connectivity index (χ2v) is 7.22. The van der Waals surface area contributed by atoms with E-state index >= 15 is 0 Å². The molecule has 0 aliphatic carbocycles. The van der Waals surface area contributed by atoms with Crippen LogP contribution in [0.15, 0.2) is 47.4 Å². The molecule has 1 aliphatic rings. The summed E-state index contributed by atoms with van der Waals surface area (Å²) < 4.78 is 0. The minimum Gasteiger partial charge on any atom is -0.508 e. The van der Waals surface area contributed by atoms with Gasteiger partial charge in [0.15, 0.2) is 0 Å². The largest absolute Gasteiger partial charge is 0.508 e. The number of phenols is 1. The van der Waals surface area contributed by atoms with Crippen LogP contribution in [0.2, 0.25) is 0 Å². The monoisotopic (exact) mass is 382 g/mol. The Kier molecular flexibility index (Phi) is 5.32. The molecule has 0 saturated carbocycles. The molecule has 6 nitrogen and oxygen atoms in total. The molecule has 1 fully saturated rings. The van der Waals surface area contributed by atoms with Crippen molar-refractivity contribution in [1.82, 2.24) is 4.90 Å². The highest BCUT2D eigenvalue weighted by molar-refractivity contribution is 8.18. The van der Waals surface area contributed by atoms with E-state index in [1.54, 1.807) is 18.2 Å². The second kappa shape index (κ2) is 7.67. The zero-order valence-electron chi connectivity index (χ0n) is 14.9. The van der Waals surface area contributed by atoms with Crippen LogP contribution >= 0.6 is 11.8 Å². The SMILES string of the molecule is Cc1ccc(C)c(NC(=O)CN2C(=O)S/C(=C/c3ccc(O)cc3)C2=O)c1. The number of anilines is 1. The van der Waals surface area contributed by atoms with Gasteiger partial charge in [0, 0.05) is 5.69 Å². The van der Waals surface area contributed by atoms with Gasteiger partial charge in [0.25, 0.3) is 11.1 Å². The van der Waals surface area contributed by atoms with E-state index in [1.807, 2.05) is 32.0 Å². The summed E-state index contributed by atoms with van der Waals surface area (Å²) in [4.78, 5) is 38.1. The number of rotatable bonds is 4. The van der Waals surface area contributed by atoms with Gasteiger partial charge in [0.1, 0.15) is 12.3 Å². The Morgan fingerprint density at radius 3 is 2.56 bits per heavy atom. The van der Waals surface area contributed by atoms with Crippen molar-refractivity contribution in [2.75, 3.05) is 11.9 Å². The molecule has 1 heterocycles. The van der Waals surface area contributed by atoms with E-state index in [4.69, 9.17) is 0 Å². The summed E-state index contributed by atoms with van der Waals surface area (Å²) in [5.41, 5.74) is 3.24. The minimum atomic E-state index is -0.505. The number of aryl methyl sites for hydroxylation is 2. The normalized spacial score (nSPS) is 15.5. The highest BCUT2D eigenvalue weighted by Crippen LogP contribution is 2.32. The van der Waals surface area contributed by atoms with Crippen molar-refractivity contribution in [1.29, 1.82) is 0 Å². The standard InChI is InChI=1S/C20H18N2O4S/c1-12-3-4-13(2)16(9-12)21-18(24)11-22-19(25)17(27-20(22)26)10-14-5-7-15(23)8-6-14/h3-10,23H,11H2,1-2H3,(H,21,24)/b17-10+. The zero-order chi connectivity index (χ0) is 19.6. The van der Waals surface area contributed by atoms with Crippen molar-refractivity contribution in [3.05, 3.63) is 64.1 Å². The first-order valence-electron chi connectivity index (χ1n) is 8.25. The number of hydrogen-bond donors (Lipinski definition) is 2. The molecule has 27 heavy (non-hydrogen) atoms. The average molecular weight is 382 g/mol. The van der Waals surface area contributed by atoms with E-state index in [0.29, 0.717) is 11.3 Å². The number of imide groups is 1. The van der Waals surface area contributed by atoms with Crippen molar-refractivity contribution < 1.29 is 19.5 Å². The molecule has 0 bridgehead atoms. The Hall–Kier alpha value is -3.06. The molecule has 1 saturated heterocycles. The molecule has 7 heteroatoms. The van der Waals surface area contributed by atoms with Crippen LogP contribution in [0.4, 0.5) is 10.5 Å². The maximum Gasteiger partial charge on any atom is 0.294 e. The third kappa shape index (κ3) is 4.38. The number of amides is 3. The summed E-state index contributed by atoms with van der Waals surface area (Å²) in [5, 5.41) is 11.6. The fourth-order valence-electron chi connectivity index (χ4n) is 2.56. The highest BCUT2D eigenvalue weighted by Gasteiger charge is 2.36. The summed E-state index contributed by atoms with van der Waals surface area (Å²) in [5.74, 6) is -0.825. The predicted molar refractivity (Wildman–Crippen MR) is 105 cm³/mol. The Morgan fingerprint density at radius 2 is 1.85 bits per heavy atom. The number of thioether (sulfide) groups is 1. The topological polar surface area (TPSA) is 86.7 Å². The number of aromatic hydroxyl groups is 1. The van der Waals surface area contributed by atoms with Gasteiger partial charge in [-0.15, -0.1) is 0 Å². The van der Waals surface area contributed by atoms with E-state index in [9.17, 15) is 19.5 Å². The first-order chi connectivity index (χ1) is 12.8. The fourth-order valence-corrected chi connectivity index (χ4v) is 3.40. The van der Waals surface area contributed by atoms with Gasteiger partial charge in [0.2, 0.25) is 5.91 Å². The Balaban J connectivity index is 1.71. The van der Waals surface area contributed by atoms with E-state index in [1.165, 1.54) is 12.1 Å². The molecule has 3 amide bonds. The van der Waals surface area contributed by atoms with Crippen LogP contribution in [-0.4, -0.2) is 33.6 Å². The summed E-state index contributed by atoms with van der Waals surface area (Å²) >= 11 is 0.791. The van der Waals surface area contributed by atoms with Crippen LogP contribution < -0.4 is 5.32 Å². The quantitative estimate of drug-likeness (QED) is 0.788. The van der Waals surface area contributed by atoms with Crippen LogP contribution in [0.25, 0.3) is 6.08 Å². The van der Waals surface area contributed by atoms with Gasteiger partial charge >= 0.3 is 0 Å². The molecule has 0 aromatic heterocycles. The molecule has 0 spiro atoms. The van der Waals surface area contributed by atoms with E-state index in [2.05, 4.69) is 5.32 Å². The molecule has 2 aromatic carbocycles. The third-order valence-electron chi connectivity index (χ3n) is 4.03. The number of carbonyl (C=O) groups excluding carboxylic acids is 3. The predicted octanol–water partition coefficient (Wildman–Crippen LogP) is 3.68. The number of phenolic OH excluding ortho intramolecular Hbond substituents is 1. The van der Waals surface area contributed by atoms with Gasteiger partial charge in [0.05, 0.1) is 4.91 Å². The number of nitrogens with zero attached hydrogens (tertiary/aromatic N) is 1. The van der Waals surface area contributed by atoms with Gasteiger partial charge in [-0.05, 0) is 66.6 Å². The molecule has 0 radical (unpaired) electrons. The number of carbonyl (C=O) groups is 3. The van der Waals surface area contributed by atoms with Crippen molar-refractivity contribution in [3.8, 4) is 5.75 Å². The smallest absolute Gasteiger partial charge is 0.294 e. The number of hydrogen-bond acceptors (Lipinski definition) is 5. The fraction of sp³-hybridized carbons (Fsp3) is 0.150. The Labute approximate surface area is 160 Å². The molecule has 3 rings (SSSR count). The van der Waals surface area contributed by atoms with Gasteiger partial charge in [-0.25, -0.2) is 0 Å². The summed E-state index contributed by atoms with van der Waals surface area (Å²) in [6.45, 7) is 3.44. The average Bonchev–Trinajstić information content (AvgIpc) is 2.87. The van der Waals surface area contributed by atoms with Crippen molar-refractivity contribution in [3.63, 3.8) is 0 Å². The van der Waals surface area contributed by atoms with Crippen molar-refractivity contribution >= 4 is 40.6 Å². The Morgan fingerprint density at radius 1 is 1.15 bits per heavy atom. The maximum absolute atomic E-state index is 12.5. The first-order valence-corrected chi connectivity index (χ1v) is 9.06. The van der Waals surface area contributed by atoms with Gasteiger partial charge in [-0.3, -0.25) is 19.3 Å². The summed E-state index contributed by atoms with van der Waals surface area (Å²) in [6, 6.07) is 11.9. The first kappa shape index (κ1) is 18.7. The number of benzene rings is 2. The van der Waals surface area contributed by atoms with E-state index < -0.39 is 17.1 Å². The Bertz CT molecular complexity index is 951. The lowest BCUT2D eigenvalue weighted by atomic mass is 10.1. The maximum atomic E-state index is 12.5. The van der Waals surface area contributed by atoms with E-state index in [0.717, 1.165) is 27.8 Å². The number of nitrogens with one attached hydrogen (secondary N) is 1.